The largest absolute Gasteiger partial charge is 0.497 e. The average molecular weight is 391 g/mol. The quantitative estimate of drug-likeness (QED) is 0.787. The van der Waals surface area contributed by atoms with Crippen molar-refractivity contribution in [3.63, 3.8) is 0 Å². The zero-order chi connectivity index (χ0) is 19.4. The Balaban J connectivity index is 1.62. The molecule has 0 saturated carbocycles. The number of nitrogens with zero attached hydrogens (tertiary/aromatic N) is 1. The summed E-state index contributed by atoms with van der Waals surface area (Å²) in [5.74, 6) is 1.45. The number of hydrogen-bond donors (Lipinski definition) is 1. The number of hydrogen-bond acceptors (Lipinski definition) is 5. The molecular weight excluding hydrogens is 364 g/mol. The van der Waals surface area contributed by atoms with Crippen LogP contribution in [0, 0.1) is 12.8 Å². The lowest BCUT2D eigenvalue weighted by atomic mass is 10.1. The maximum absolute atomic E-state index is 12.7. The molecule has 0 radical (unpaired) electrons. The molecule has 2 aromatic rings. The molecule has 2 aromatic carbocycles. The van der Waals surface area contributed by atoms with E-state index in [4.69, 9.17) is 9.47 Å². The summed E-state index contributed by atoms with van der Waals surface area (Å²) in [6.45, 7) is 4.00. The highest BCUT2D eigenvalue weighted by molar-refractivity contribution is 7.89. The van der Waals surface area contributed by atoms with Crippen molar-refractivity contribution < 1.29 is 17.9 Å². The van der Waals surface area contributed by atoms with E-state index in [1.807, 2.05) is 37.3 Å². The Morgan fingerprint density at radius 1 is 1.11 bits per heavy atom. The Labute approximate surface area is 161 Å². The van der Waals surface area contributed by atoms with E-state index in [0.717, 1.165) is 36.5 Å². The van der Waals surface area contributed by atoms with E-state index in [9.17, 15) is 8.42 Å². The molecule has 0 aliphatic carbocycles. The lowest BCUT2D eigenvalue weighted by molar-refractivity contribution is 0.402. The van der Waals surface area contributed by atoms with Crippen molar-refractivity contribution >= 4 is 15.7 Å². The molecule has 0 aromatic heterocycles. The Morgan fingerprint density at radius 2 is 1.85 bits per heavy atom. The maximum atomic E-state index is 12.7. The molecule has 146 valence electrons. The summed E-state index contributed by atoms with van der Waals surface area (Å²) in [5.41, 5.74) is 2.00. The van der Waals surface area contributed by atoms with Crippen molar-refractivity contribution in [2.24, 2.45) is 5.92 Å². The first-order valence-corrected chi connectivity index (χ1v) is 10.4. The van der Waals surface area contributed by atoms with Gasteiger partial charge in [0, 0.05) is 25.3 Å². The summed E-state index contributed by atoms with van der Waals surface area (Å²) in [6.07, 6.45) is 0.944. The third-order valence-electron chi connectivity index (χ3n) is 4.89. The van der Waals surface area contributed by atoms with Gasteiger partial charge < -0.3 is 14.4 Å². The van der Waals surface area contributed by atoms with Crippen LogP contribution in [0.1, 0.15) is 12.0 Å². The first kappa shape index (κ1) is 19.5. The van der Waals surface area contributed by atoms with Crippen molar-refractivity contribution in [1.82, 2.24) is 4.72 Å². The van der Waals surface area contributed by atoms with Crippen LogP contribution in [0.2, 0.25) is 0 Å². The fraction of sp³-hybridized carbons (Fsp3) is 0.400. The molecule has 1 atom stereocenters. The van der Waals surface area contributed by atoms with E-state index in [1.165, 1.54) is 7.11 Å². The molecule has 1 unspecified atom stereocenters. The van der Waals surface area contributed by atoms with E-state index in [2.05, 4.69) is 9.62 Å². The molecule has 7 heteroatoms. The van der Waals surface area contributed by atoms with Gasteiger partial charge in [0.2, 0.25) is 10.0 Å². The Morgan fingerprint density at radius 3 is 2.52 bits per heavy atom. The second-order valence-corrected chi connectivity index (χ2v) is 8.54. The van der Waals surface area contributed by atoms with Crippen LogP contribution in [0.4, 0.5) is 5.69 Å². The Kier molecular flexibility index (Phi) is 5.92. The summed E-state index contributed by atoms with van der Waals surface area (Å²) in [6, 6.07) is 13.1. The molecule has 1 aliphatic rings. The van der Waals surface area contributed by atoms with Crippen LogP contribution in [0.25, 0.3) is 0 Å². The predicted molar refractivity (Wildman–Crippen MR) is 106 cm³/mol. The van der Waals surface area contributed by atoms with Crippen LogP contribution in [-0.4, -0.2) is 42.3 Å². The monoisotopic (exact) mass is 390 g/mol. The maximum Gasteiger partial charge on any atom is 0.244 e. The molecule has 0 spiro atoms. The van der Waals surface area contributed by atoms with E-state index in [-0.39, 0.29) is 10.8 Å². The number of methoxy groups -OCH3 is 2. The normalized spacial score (nSPS) is 17.1. The molecule has 1 aliphatic heterocycles. The van der Waals surface area contributed by atoms with E-state index < -0.39 is 10.0 Å². The molecule has 6 nitrogen and oxygen atoms in total. The van der Waals surface area contributed by atoms with Crippen LogP contribution in [0.3, 0.4) is 0 Å². The minimum atomic E-state index is -3.61. The predicted octanol–water partition coefficient (Wildman–Crippen LogP) is 2.82. The first-order valence-electron chi connectivity index (χ1n) is 8.96. The third kappa shape index (κ3) is 4.54. The SMILES string of the molecule is COc1ccc(N2CCC(CNS(=O)(=O)c3cc(C)ccc3OC)C2)cc1. The second-order valence-electron chi connectivity index (χ2n) is 6.80. The lowest BCUT2D eigenvalue weighted by Gasteiger charge is -2.19. The van der Waals surface area contributed by atoms with Crippen LogP contribution in [-0.2, 0) is 10.0 Å². The van der Waals surface area contributed by atoms with Crippen LogP contribution >= 0.6 is 0 Å². The van der Waals surface area contributed by atoms with Crippen molar-refractivity contribution in [3.05, 3.63) is 48.0 Å². The van der Waals surface area contributed by atoms with Gasteiger partial charge in [-0.25, -0.2) is 13.1 Å². The molecule has 0 bridgehead atoms. The molecule has 1 N–H and O–H groups in total. The van der Waals surface area contributed by atoms with Gasteiger partial charge in [-0.15, -0.1) is 0 Å². The van der Waals surface area contributed by atoms with Crippen molar-refractivity contribution in [2.75, 3.05) is 38.8 Å². The number of rotatable bonds is 7. The zero-order valence-electron chi connectivity index (χ0n) is 15.9. The molecule has 27 heavy (non-hydrogen) atoms. The van der Waals surface area contributed by atoms with Crippen LogP contribution in [0.5, 0.6) is 11.5 Å². The van der Waals surface area contributed by atoms with Crippen molar-refractivity contribution in [3.8, 4) is 11.5 Å². The molecule has 0 amide bonds. The highest BCUT2D eigenvalue weighted by atomic mass is 32.2. The van der Waals surface area contributed by atoms with Gasteiger partial charge in [-0.2, -0.15) is 0 Å². The van der Waals surface area contributed by atoms with E-state index >= 15 is 0 Å². The van der Waals surface area contributed by atoms with E-state index in [0.29, 0.717) is 12.3 Å². The Bertz CT molecular complexity index is 881. The van der Waals surface area contributed by atoms with Crippen molar-refractivity contribution in [1.29, 1.82) is 0 Å². The summed E-state index contributed by atoms with van der Waals surface area (Å²) in [4.78, 5) is 2.46. The number of nitrogens with one attached hydrogen (secondary N) is 1. The number of sulfonamides is 1. The minimum Gasteiger partial charge on any atom is -0.497 e. The van der Waals surface area contributed by atoms with Gasteiger partial charge in [0.25, 0.3) is 0 Å². The summed E-state index contributed by atoms with van der Waals surface area (Å²) in [7, 11) is -0.486. The Hall–Kier alpha value is -2.25. The molecule has 1 heterocycles. The fourth-order valence-corrected chi connectivity index (χ4v) is 4.69. The van der Waals surface area contributed by atoms with Crippen LogP contribution in [0.15, 0.2) is 47.4 Å². The third-order valence-corrected chi connectivity index (χ3v) is 6.34. The standard InChI is InChI=1S/C20H26N2O4S/c1-15-4-9-19(26-3)20(12-15)27(23,24)21-13-16-10-11-22(14-16)17-5-7-18(25-2)8-6-17/h4-9,12,16,21H,10-11,13-14H2,1-3H3. The van der Waals surface area contributed by atoms with Gasteiger partial charge >= 0.3 is 0 Å². The van der Waals surface area contributed by atoms with Gasteiger partial charge in [-0.05, 0) is 61.2 Å². The molecular formula is C20H26N2O4S. The molecule has 3 rings (SSSR count). The summed E-state index contributed by atoms with van der Waals surface area (Å²) < 4.78 is 38.6. The second kappa shape index (κ2) is 8.19. The fourth-order valence-electron chi connectivity index (χ4n) is 3.33. The van der Waals surface area contributed by atoms with Gasteiger partial charge in [0.1, 0.15) is 16.4 Å². The number of anilines is 1. The number of aryl methyl sites for hydroxylation is 1. The highest BCUT2D eigenvalue weighted by Gasteiger charge is 2.26. The zero-order valence-corrected chi connectivity index (χ0v) is 16.8. The lowest BCUT2D eigenvalue weighted by Crippen LogP contribution is -2.31. The summed E-state index contributed by atoms with van der Waals surface area (Å²) in [5, 5.41) is 0. The average Bonchev–Trinajstić information content (AvgIpc) is 3.15. The highest BCUT2D eigenvalue weighted by Crippen LogP contribution is 2.27. The van der Waals surface area contributed by atoms with Gasteiger partial charge in [-0.3, -0.25) is 0 Å². The summed E-state index contributed by atoms with van der Waals surface area (Å²) >= 11 is 0. The van der Waals surface area contributed by atoms with Crippen molar-refractivity contribution in [2.45, 2.75) is 18.2 Å². The molecule has 1 fully saturated rings. The topological polar surface area (TPSA) is 67.9 Å². The van der Waals surface area contributed by atoms with Gasteiger partial charge in [0.05, 0.1) is 14.2 Å². The number of ether oxygens (including phenoxy) is 2. The van der Waals surface area contributed by atoms with Gasteiger partial charge in [0.15, 0.2) is 0 Å². The minimum absolute atomic E-state index is 0.190. The van der Waals surface area contributed by atoms with E-state index in [1.54, 1.807) is 19.2 Å². The smallest absolute Gasteiger partial charge is 0.244 e. The van der Waals surface area contributed by atoms with Gasteiger partial charge in [-0.1, -0.05) is 6.07 Å². The molecule has 1 saturated heterocycles. The number of benzene rings is 2. The van der Waals surface area contributed by atoms with Crippen LogP contribution < -0.4 is 19.1 Å². The first-order chi connectivity index (χ1) is 12.9.